The molecule has 1 heterocycles. The lowest BCUT2D eigenvalue weighted by Gasteiger charge is -2.03. The molecule has 0 unspecified atom stereocenters. The smallest absolute Gasteiger partial charge is 0.282 e. The topological polar surface area (TPSA) is 56.3 Å². The Kier molecular flexibility index (Phi) is 3.11. The molecular formula is C10H5Br2NO3. The van der Waals surface area contributed by atoms with Crippen LogP contribution >= 0.6 is 31.9 Å². The SMILES string of the molecule is O=[N+]([O-])c1cc(Br)cc(Br)c1-c1ccco1. The van der Waals surface area contributed by atoms with Crippen LogP contribution in [0, 0.1) is 10.1 Å². The number of rotatable bonds is 2. The fourth-order valence-electron chi connectivity index (χ4n) is 1.37. The minimum absolute atomic E-state index is 0.00352. The molecule has 0 saturated carbocycles. The number of hydrogen-bond acceptors (Lipinski definition) is 3. The first kappa shape index (κ1) is 11.3. The molecule has 0 atom stereocenters. The summed E-state index contributed by atoms with van der Waals surface area (Å²) in [4.78, 5) is 10.5. The van der Waals surface area contributed by atoms with Gasteiger partial charge in [-0.05, 0) is 34.1 Å². The number of furan rings is 1. The zero-order valence-corrected chi connectivity index (χ0v) is 11.0. The van der Waals surface area contributed by atoms with Crippen molar-refractivity contribution in [3.8, 4) is 11.3 Å². The van der Waals surface area contributed by atoms with Crippen LogP contribution in [0.2, 0.25) is 0 Å². The third-order valence-corrected chi connectivity index (χ3v) is 3.08. The van der Waals surface area contributed by atoms with Crippen LogP contribution in [-0.2, 0) is 0 Å². The molecule has 0 saturated heterocycles. The zero-order chi connectivity index (χ0) is 11.7. The van der Waals surface area contributed by atoms with Gasteiger partial charge in [0.15, 0.2) is 0 Å². The molecule has 0 aliphatic heterocycles. The lowest BCUT2D eigenvalue weighted by molar-refractivity contribution is -0.384. The van der Waals surface area contributed by atoms with Crippen LogP contribution in [0.25, 0.3) is 11.3 Å². The van der Waals surface area contributed by atoms with E-state index in [9.17, 15) is 10.1 Å². The van der Waals surface area contributed by atoms with Crippen molar-refractivity contribution in [1.82, 2.24) is 0 Å². The molecule has 0 amide bonds. The largest absolute Gasteiger partial charge is 0.464 e. The van der Waals surface area contributed by atoms with Gasteiger partial charge >= 0.3 is 0 Å². The number of nitrogens with zero attached hydrogens (tertiary/aromatic N) is 1. The summed E-state index contributed by atoms with van der Waals surface area (Å²) in [7, 11) is 0. The van der Waals surface area contributed by atoms with Crippen molar-refractivity contribution in [1.29, 1.82) is 0 Å². The Morgan fingerprint density at radius 1 is 1.31 bits per heavy atom. The molecular weight excluding hydrogens is 342 g/mol. The Bertz CT molecular complexity index is 537. The minimum atomic E-state index is -0.437. The average molecular weight is 347 g/mol. The molecule has 4 nitrogen and oxygen atoms in total. The van der Waals surface area contributed by atoms with Crippen molar-refractivity contribution < 1.29 is 9.34 Å². The Morgan fingerprint density at radius 2 is 2.06 bits per heavy atom. The molecule has 0 fully saturated rings. The second-order valence-corrected chi connectivity index (χ2v) is 4.79. The standard InChI is InChI=1S/C10H5Br2NO3/c11-6-4-7(12)10(8(5-6)13(14)15)9-2-1-3-16-9/h1-5H. The number of hydrogen-bond donors (Lipinski definition) is 0. The fourth-order valence-corrected chi connectivity index (χ4v) is 2.77. The summed E-state index contributed by atoms with van der Waals surface area (Å²) >= 11 is 6.51. The van der Waals surface area contributed by atoms with E-state index in [1.165, 1.54) is 12.3 Å². The number of halogens is 2. The molecule has 1 aromatic heterocycles. The van der Waals surface area contributed by atoms with Crippen molar-refractivity contribution in [2.75, 3.05) is 0 Å². The Labute approximate surface area is 108 Å². The van der Waals surface area contributed by atoms with E-state index in [1.54, 1.807) is 18.2 Å². The summed E-state index contributed by atoms with van der Waals surface area (Å²) in [5.74, 6) is 0.464. The first-order chi connectivity index (χ1) is 7.59. The fraction of sp³-hybridized carbons (Fsp3) is 0. The van der Waals surface area contributed by atoms with E-state index in [1.807, 2.05) is 0 Å². The molecule has 0 bridgehead atoms. The van der Waals surface area contributed by atoms with Gasteiger partial charge in [0.2, 0.25) is 0 Å². The quantitative estimate of drug-likeness (QED) is 0.599. The van der Waals surface area contributed by atoms with Gasteiger partial charge in [0, 0.05) is 15.0 Å². The van der Waals surface area contributed by atoms with Crippen LogP contribution in [0.3, 0.4) is 0 Å². The van der Waals surface area contributed by atoms with Crippen molar-refractivity contribution in [2.24, 2.45) is 0 Å². The van der Waals surface area contributed by atoms with Crippen molar-refractivity contribution in [2.45, 2.75) is 0 Å². The molecule has 1 aromatic carbocycles. The van der Waals surface area contributed by atoms with Gasteiger partial charge in [-0.2, -0.15) is 0 Å². The lowest BCUT2D eigenvalue weighted by atomic mass is 10.1. The van der Waals surface area contributed by atoms with Crippen LogP contribution in [0.15, 0.2) is 43.9 Å². The van der Waals surface area contributed by atoms with Crippen LogP contribution < -0.4 is 0 Å². The van der Waals surface area contributed by atoms with Crippen LogP contribution in [-0.4, -0.2) is 4.92 Å². The monoisotopic (exact) mass is 345 g/mol. The van der Waals surface area contributed by atoms with Gasteiger partial charge in [0.1, 0.15) is 11.3 Å². The molecule has 2 aromatic rings. The van der Waals surface area contributed by atoms with Crippen molar-refractivity contribution >= 4 is 37.5 Å². The molecule has 16 heavy (non-hydrogen) atoms. The van der Waals surface area contributed by atoms with E-state index >= 15 is 0 Å². The van der Waals surface area contributed by atoms with Crippen LogP contribution in [0.1, 0.15) is 0 Å². The maximum Gasteiger partial charge on any atom is 0.282 e. The third kappa shape index (κ3) is 2.03. The van der Waals surface area contributed by atoms with E-state index in [0.29, 0.717) is 20.3 Å². The van der Waals surface area contributed by atoms with Crippen LogP contribution in [0.4, 0.5) is 5.69 Å². The van der Waals surface area contributed by atoms with E-state index in [0.717, 1.165) is 0 Å². The lowest BCUT2D eigenvalue weighted by Crippen LogP contribution is -1.92. The Hall–Kier alpha value is -1.14. The first-order valence-corrected chi connectivity index (χ1v) is 5.85. The molecule has 0 aliphatic carbocycles. The maximum absolute atomic E-state index is 10.9. The van der Waals surface area contributed by atoms with Crippen LogP contribution in [0.5, 0.6) is 0 Å². The molecule has 0 aliphatic rings. The van der Waals surface area contributed by atoms with Gasteiger partial charge in [0.25, 0.3) is 5.69 Å². The highest BCUT2D eigenvalue weighted by Crippen LogP contribution is 2.39. The van der Waals surface area contributed by atoms with Gasteiger partial charge in [-0.15, -0.1) is 0 Å². The average Bonchev–Trinajstić information content (AvgIpc) is 2.69. The maximum atomic E-state index is 10.9. The van der Waals surface area contributed by atoms with Gasteiger partial charge in [-0.25, -0.2) is 0 Å². The molecule has 0 N–H and O–H groups in total. The number of benzene rings is 1. The summed E-state index contributed by atoms with van der Waals surface area (Å²) in [5.41, 5.74) is 0.439. The second kappa shape index (κ2) is 4.39. The third-order valence-electron chi connectivity index (χ3n) is 2.00. The predicted octanol–water partition coefficient (Wildman–Crippen LogP) is 4.38. The minimum Gasteiger partial charge on any atom is -0.464 e. The summed E-state index contributed by atoms with van der Waals surface area (Å²) in [6.07, 6.45) is 1.48. The highest BCUT2D eigenvalue weighted by molar-refractivity contribution is 9.11. The summed E-state index contributed by atoms with van der Waals surface area (Å²) < 4.78 is 6.44. The molecule has 0 spiro atoms. The van der Waals surface area contributed by atoms with E-state index in [-0.39, 0.29) is 5.69 Å². The van der Waals surface area contributed by atoms with E-state index in [4.69, 9.17) is 4.42 Å². The predicted molar refractivity (Wildman–Crippen MR) is 66.2 cm³/mol. The summed E-state index contributed by atoms with van der Waals surface area (Å²) in [5, 5.41) is 10.9. The summed E-state index contributed by atoms with van der Waals surface area (Å²) in [6, 6.07) is 6.56. The van der Waals surface area contributed by atoms with E-state index in [2.05, 4.69) is 31.9 Å². The van der Waals surface area contributed by atoms with Gasteiger partial charge < -0.3 is 4.42 Å². The van der Waals surface area contributed by atoms with Gasteiger partial charge in [-0.3, -0.25) is 10.1 Å². The molecule has 2 rings (SSSR count). The highest BCUT2D eigenvalue weighted by Gasteiger charge is 2.21. The molecule has 6 heteroatoms. The van der Waals surface area contributed by atoms with Crippen molar-refractivity contribution in [3.05, 3.63) is 49.6 Å². The van der Waals surface area contributed by atoms with Gasteiger partial charge in [-0.1, -0.05) is 15.9 Å². The highest BCUT2D eigenvalue weighted by atomic mass is 79.9. The zero-order valence-electron chi connectivity index (χ0n) is 7.81. The van der Waals surface area contributed by atoms with Gasteiger partial charge in [0.05, 0.1) is 11.2 Å². The van der Waals surface area contributed by atoms with Crippen molar-refractivity contribution in [3.63, 3.8) is 0 Å². The Morgan fingerprint density at radius 3 is 2.62 bits per heavy atom. The first-order valence-electron chi connectivity index (χ1n) is 4.27. The van der Waals surface area contributed by atoms with E-state index < -0.39 is 4.92 Å². The second-order valence-electron chi connectivity index (χ2n) is 3.02. The Balaban J connectivity index is 2.72. The summed E-state index contributed by atoms with van der Waals surface area (Å²) in [6.45, 7) is 0. The molecule has 82 valence electrons. The molecule has 0 radical (unpaired) electrons. The number of nitro groups is 1. The normalized spacial score (nSPS) is 10.4. The number of nitro benzene ring substituents is 1.